The topological polar surface area (TPSA) is 43.4 Å². The van der Waals surface area contributed by atoms with Gasteiger partial charge in [-0.2, -0.15) is 0 Å². The summed E-state index contributed by atoms with van der Waals surface area (Å²) in [4.78, 5) is 23.1. The number of benzene rings is 2. The van der Waals surface area contributed by atoms with Gasteiger partial charge in [0.1, 0.15) is 0 Å². The monoisotopic (exact) mass is 350 g/mol. The minimum atomic E-state index is -0.298. The van der Waals surface area contributed by atoms with Gasteiger partial charge in [-0.05, 0) is 29.7 Å². The fourth-order valence-corrected chi connectivity index (χ4v) is 2.46. The molecule has 0 saturated carbocycles. The van der Waals surface area contributed by atoms with Crippen LogP contribution in [0, 0.1) is 0 Å². The first-order chi connectivity index (χ1) is 11.0. The number of methoxy groups -OCH3 is 1. The maximum absolute atomic E-state index is 12.1. The Morgan fingerprint density at radius 2 is 1.57 bits per heavy atom. The van der Waals surface area contributed by atoms with E-state index in [1.165, 1.54) is 7.11 Å². The van der Waals surface area contributed by atoms with Crippen molar-refractivity contribution in [2.24, 2.45) is 0 Å². The number of Topliss-reactive ketones (excluding diaryl/α,β-unsaturated/α-hetero) is 1. The molecule has 0 aliphatic heterocycles. The summed E-state index contributed by atoms with van der Waals surface area (Å²) < 4.78 is 4.55. The maximum Gasteiger partial charge on any atom is 0.305 e. The summed E-state index contributed by atoms with van der Waals surface area (Å²) in [6, 6.07) is 12.7. The van der Waals surface area contributed by atoms with Crippen molar-refractivity contribution >= 4 is 35.0 Å². The first-order valence-electron chi connectivity index (χ1n) is 7.17. The smallest absolute Gasteiger partial charge is 0.305 e. The number of esters is 1. The predicted molar refractivity (Wildman–Crippen MR) is 92.1 cm³/mol. The lowest BCUT2D eigenvalue weighted by atomic mass is 10.0. The van der Waals surface area contributed by atoms with Crippen molar-refractivity contribution in [3.8, 4) is 11.1 Å². The number of hydrogen-bond donors (Lipinski definition) is 0. The lowest BCUT2D eigenvalue weighted by molar-refractivity contribution is -0.140. The summed E-state index contributed by atoms with van der Waals surface area (Å²) in [6.45, 7) is 0. The third-order valence-corrected chi connectivity index (χ3v) is 4.21. The van der Waals surface area contributed by atoms with Crippen molar-refractivity contribution in [1.29, 1.82) is 0 Å². The van der Waals surface area contributed by atoms with Gasteiger partial charge in [-0.1, -0.05) is 53.5 Å². The molecule has 0 unspecified atom stereocenters. The fourth-order valence-electron chi connectivity index (χ4n) is 2.16. The molecule has 0 spiro atoms. The van der Waals surface area contributed by atoms with Crippen LogP contribution in [0.4, 0.5) is 0 Å². The summed E-state index contributed by atoms with van der Waals surface area (Å²) in [5, 5.41) is 1.000. The Kier molecular flexibility index (Phi) is 6.20. The number of ether oxygens (including phenoxy) is 1. The SMILES string of the molecule is COC(=O)CCCC(=O)c1ccc(-c2ccc(Cl)c(Cl)c2)cc1. The minimum Gasteiger partial charge on any atom is -0.469 e. The van der Waals surface area contributed by atoms with Crippen LogP contribution in [0.1, 0.15) is 29.6 Å². The van der Waals surface area contributed by atoms with E-state index in [1.54, 1.807) is 24.3 Å². The van der Waals surface area contributed by atoms with Crippen LogP contribution in [-0.2, 0) is 9.53 Å². The van der Waals surface area contributed by atoms with E-state index in [-0.39, 0.29) is 18.2 Å². The number of ketones is 1. The Morgan fingerprint density at radius 3 is 2.17 bits per heavy atom. The first-order valence-corrected chi connectivity index (χ1v) is 7.92. The second kappa shape index (κ2) is 8.14. The molecular formula is C18H16Cl2O3. The first kappa shape index (κ1) is 17.5. The van der Waals surface area contributed by atoms with Gasteiger partial charge in [0.15, 0.2) is 5.78 Å². The number of carbonyl (C=O) groups excluding carboxylic acids is 2. The molecule has 0 radical (unpaired) electrons. The van der Waals surface area contributed by atoms with Crippen LogP contribution in [0.15, 0.2) is 42.5 Å². The van der Waals surface area contributed by atoms with E-state index in [4.69, 9.17) is 23.2 Å². The Bertz CT molecular complexity index is 709. The van der Waals surface area contributed by atoms with Crippen LogP contribution in [-0.4, -0.2) is 18.9 Å². The Labute approximate surface area is 145 Å². The van der Waals surface area contributed by atoms with Crippen molar-refractivity contribution < 1.29 is 14.3 Å². The number of hydrogen-bond acceptors (Lipinski definition) is 3. The van der Waals surface area contributed by atoms with E-state index in [0.717, 1.165) is 11.1 Å². The average molecular weight is 351 g/mol. The molecule has 0 atom stereocenters. The second-order valence-electron chi connectivity index (χ2n) is 5.06. The van der Waals surface area contributed by atoms with Crippen LogP contribution < -0.4 is 0 Å². The Hall–Kier alpha value is -1.84. The van der Waals surface area contributed by atoms with Crippen LogP contribution >= 0.6 is 23.2 Å². The molecule has 0 fully saturated rings. The molecule has 0 aliphatic rings. The predicted octanol–water partition coefficient (Wildman–Crippen LogP) is 5.19. The zero-order chi connectivity index (χ0) is 16.8. The van der Waals surface area contributed by atoms with Crippen molar-refractivity contribution in [2.75, 3.05) is 7.11 Å². The van der Waals surface area contributed by atoms with Crippen molar-refractivity contribution in [3.05, 3.63) is 58.1 Å². The van der Waals surface area contributed by atoms with Gasteiger partial charge in [-0.25, -0.2) is 0 Å². The van der Waals surface area contributed by atoms with E-state index in [2.05, 4.69) is 4.74 Å². The highest BCUT2D eigenvalue weighted by Crippen LogP contribution is 2.28. The summed E-state index contributed by atoms with van der Waals surface area (Å²) in [6.07, 6.45) is 1.06. The zero-order valence-corrected chi connectivity index (χ0v) is 14.2. The zero-order valence-electron chi connectivity index (χ0n) is 12.6. The van der Waals surface area contributed by atoms with Gasteiger partial charge in [0.05, 0.1) is 17.2 Å². The molecule has 0 N–H and O–H groups in total. The van der Waals surface area contributed by atoms with Crippen LogP contribution in [0.2, 0.25) is 10.0 Å². The molecule has 0 saturated heterocycles. The van der Waals surface area contributed by atoms with Gasteiger partial charge in [0.2, 0.25) is 0 Å². The quantitative estimate of drug-likeness (QED) is 0.532. The average Bonchev–Trinajstić information content (AvgIpc) is 2.57. The van der Waals surface area contributed by atoms with Gasteiger partial charge < -0.3 is 4.74 Å². The molecular weight excluding hydrogens is 335 g/mol. The summed E-state index contributed by atoms with van der Waals surface area (Å²) in [5.41, 5.74) is 2.51. The van der Waals surface area contributed by atoms with Crippen LogP contribution in [0.3, 0.4) is 0 Å². The molecule has 0 heterocycles. The number of rotatable bonds is 6. The third kappa shape index (κ3) is 4.81. The van der Waals surface area contributed by atoms with Gasteiger partial charge in [-0.3, -0.25) is 9.59 Å². The highest BCUT2D eigenvalue weighted by molar-refractivity contribution is 6.42. The molecule has 120 valence electrons. The lowest BCUT2D eigenvalue weighted by Gasteiger charge is -2.06. The Balaban J connectivity index is 2.02. The highest BCUT2D eigenvalue weighted by Gasteiger charge is 2.09. The lowest BCUT2D eigenvalue weighted by Crippen LogP contribution is -2.03. The van der Waals surface area contributed by atoms with E-state index in [0.29, 0.717) is 28.5 Å². The molecule has 0 amide bonds. The van der Waals surface area contributed by atoms with Crippen molar-refractivity contribution in [3.63, 3.8) is 0 Å². The standard InChI is InChI=1S/C18H16Cl2O3/c1-23-18(22)4-2-3-17(21)13-7-5-12(6-8-13)14-9-10-15(19)16(20)11-14/h5-11H,2-4H2,1H3. The molecule has 0 aromatic heterocycles. The van der Waals surface area contributed by atoms with E-state index in [1.807, 2.05) is 18.2 Å². The highest BCUT2D eigenvalue weighted by atomic mass is 35.5. The van der Waals surface area contributed by atoms with E-state index < -0.39 is 0 Å². The van der Waals surface area contributed by atoms with Gasteiger partial charge >= 0.3 is 5.97 Å². The molecule has 2 aromatic rings. The summed E-state index contributed by atoms with van der Waals surface area (Å²) in [7, 11) is 1.34. The summed E-state index contributed by atoms with van der Waals surface area (Å²) >= 11 is 11.9. The van der Waals surface area contributed by atoms with Crippen LogP contribution in [0.25, 0.3) is 11.1 Å². The maximum atomic E-state index is 12.1. The second-order valence-corrected chi connectivity index (χ2v) is 5.87. The molecule has 0 bridgehead atoms. The molecule has 5 heteroatoms. The molecule has 23 heavy (non-hydrogen) atoms. The molecule has 0 aliphatic carbocycles. The van der Waals surface area contributed by atoms with Gasteiger partial charge in [-0.15, -0.1) is 0 Å². The van der Waals surface area contributed by atoms with E-state index >= 15 is 0 Å². The largest absolute Gasteiger partial charge is 0.469 e. The fraction of sp³-hybridized carbons (Fsp3) is 0.222. The van der Waals surface area contributed by atoms with Crippen molar-refractivity contribution in [2.45, 2.75) is 19.3 Å². The van der Waals surface area contributed by atoms with Gasteiger partial charge in [0, 0.05) is 18.4 Å². The molecule has 3 nitrogen and oxygen atoms in total. The molecule has 2 rings (SSSR count). The minimum absolute atomic E-state index is 0.00888. The number of carbonyl (C=O) groups is 2. The normalized spacial score (nSPS) is 10.4. The number of halogens is 2. The van der Waals surface area contributed by atoms with Gasteiger partial charge in [0.25, 0.3) is 0 Å². The molecule has 2 aromatic carbocycles. The summed E-state index contributed by atoms with van der Waals surface area (Å²) in [5.74, 6) is -0.289. The van der Waals surface area contributed by atoms with Crippen molar-refractivity contribution in [1.82, 2.24) is 0 Å². The van der Waals surface area contributed by atoms with E-state index in [9.17, 15) is 9.59 Å². The Morgan fingerprint density at radius 1 is 0.913 bits per heavy atom. The third-order valence-electron chi connectivity index (χ3n) is 3.47. The van der Waals surface area contributed by atoms with Crippen LogP contribution in [0.5, 0.6) is 0 Å².